The molecule has 0 aliphatic carbocycles. The van der Waals surface area contributed by atoms with Crippen LogP contribution in [-0.4, -0.2) is 18.2 Å². The van der Waals surface area contributed by atoms with Gasteiger partial charge in [0.2, 0.25) is 0 Å². The van der Waals surface area contributed by atoms with Crippen LogP contribution in [0.4, 0.5) is 0 Å². The maximum atomic E-state index is 9.52. The second-order valence-electron chi connectivity index (χ2n) is 5.96. The Morgan fingerprint density at radius 3 is 2.43 bits per heavy atom. The first-order valence-corrected chi connectivity index (χ1v) is 7.79. The van der Waals surface area contributed by atoms with Crippen LogP contribution in [0.15, 0.2) is 42.5 Å². The van der Waals surface area contributed by atoms with Crippen LogP contribution < -0.4 is 5.32 Å². The minimum absolute atomic E-state index is 0.0889. The third-order valence-corrected chi connectivity index (χ3v) is 4.47. The zero-order valence-corrected chi connectivity index (χ0v) is 12.6. The van der Waals surface area contributed by atoms with Gasteiger partial charge in [0.1, 0.15) is 0 Å². The summed E-state index contributed by atoms with van der Waals surface area (Å²) in [4.78, 5) is 0. The number of rotatable bonds is 3. The van der Waals surface area contributed by atoms with Gasteiger partial charge in [-0.05, 0) is 61.0 Å². The van der Waals surface area contributed by atoms with Crippen LogP contribution in [0.1, 0.15) is 35.4 Å². The lowest BCUT2D eigenvalue weighted by molar-refractivity contribution is 0.282. The normalized spacial score (nSPS) is 16.1. The fourth-order valence-electron chi connectivity index (χ4n) is 3.19. The summed E-state index contributed by atoms with van der Waals surface area (Å²) in [6.45, 7) is 4.43. The van der Waals surface area contributed by atoms with Gasteiger partial charge < -0.3 is 10.4 Å². The fraction of sp³-hybridized carbons (Fsp3) is 0.368. The van der Waals surface area contributed by atoms with Crippen molar-refractivity contribution in [2.75, 3.05) is 13.1 Å². The molecule has 0 amide bonds. The molecule has 2 heteroatoms. The molecule has 2 N–H and O–H groups in total. The highest BCUT2D eigenvalue weighted by Crippen LogP contribution is 2.29. The molecule has 1 saturated heterocycles. The van der Waals surface area contributed by atoms with E-state index in [0.717, 1.165) is 24.2 Å². The van der Waals surface area contributed by atoms with Gasteiger partial charge >= 0.3 is 0 Å². The van der Waals surface area contributed by atoms with Crippen LogP contribution in [0.2, 0.25) is 0 Å². The first kappa shape index (κ1) is 14.3. The van der Waals surface area contributed by atoms with Gasteiger partial charge in [0.05, 0.1) is 6.61 Å². The molecule has 0 aromatic heterocycles. The largest absolute Gasteiger partial charge is 0.392 e. The molecule has 110 valence electrons. The molecule has 1 heterocycles. The van der Waals surface area contributed by atoms with Crippen molar-refractivity contribution in [3.05, 3.63) is 59.2 Å². The van der Waals surface area contributed by atoms with E-state index in [1.165, 1.54) is 29.5 Å². The van der Waals surface area contributed by atoms with E-state index in [1.807, 2.05) is 6.07 Å². The number of piperidine rings is 1. The number of aliphatic hydroxyl groups is 1. The Morgan fingerprint density at radius 2 is 1.76 bits per heavy atom. The average molecular weight is 281 g/mol. The number of hydrogen-bond acceptors (Lipinski definition) is 2. The van der Waals surface area contributed by atoms with Gasteiger partial charge in [-0.1, -0.05) is 48.0 Å². The highest BCUT2D eigenvalue weighted by Gasteiger charge is 2.15. The van der Waals surface area contributed by atoms with Crippen molar-refractivity contribution in [2.45, 2.75) is 32.3 Å². The molecule has 1 aliphatic rings. The molecular formula is C19H23NO. The Balaban J connectivity index is 1.88. The quantitative estimate of drug-likeness (QED) is 0.900. The Morgan fingerprint density at radius 1 is 1.05 bits per heavy atom. The zero-order valence-electron chi connectivity index (χ0n) is 12.6. The lowest BCUT2D eigenvalue weighted by Crippen LogP contribution is -2.26. The molecule has 0 bridgehead atoms. The van der Waals surface area contributed by atoms with Gasteiger partial charge in [0, 0.05) is 0 Å². The molecule has 0 atom stereocenters. The van der Waals surface area contributed by atoms with Gasteiger partial charge in [-0.2, -0.15) is 0 Å². The summed E-state index contributed by atoms with van der Waals surface area (Å²) in [6, 6.07) is 15.1. The van der Waals surface area contributed by atoms with Gasteiger partial charge in [-0.25, -0.2) is 0 Å². The monoisotopic (exact) mass is 281 g/mol. The molecule has 0 radical (unpaired) electrons. The molecule has 2 aromatic rings. The van der Waals surface area contributed by atoms with Gasteiger partial charge in [-0.3, -0.25) is 0 Å². The van der Waals surface area contributed by atoms with Crippen LogP contribution >= 0.6 is 0 Å². The molecule has 21 heavy (non-hydrogen) atoms. The van der Waals surface area contributed by atoms with Crippen LogP contribution in [0, 0.1) is 6.92 Å². The van der Waals surface area contributed by atoms with E-state index in [0.29, 0.717) is 5.92 Å². The predicted molar refractivity (Wildman–Crippen MR) is 87.4 cm³/mol. The zero-order chi connectivity index (χ0) is 14.7. The van der Waals surface area contributed by atoms with E-state index in [4.69, 9.17) is 0 Å². The van der Waals surface area contributed by atoms with E-state index in [1.54, 1.807) is 0 Å². The first-order chi connectivity index (χ1) is 10.3. The van der Waals surface area contributed by atoms with Crippen molar-refractivity contribution < 1.29 is 5.11 Å². The topological polar surface area (TPSA) is 32.3 Å². The molecule has 1 fully saturated rings. The summed E-state index contributed by atoms with van der Waals surface area (Å²) < 4.78 is 0. The second-order valence-corrected chi connectivity index (χ2v) is 5.96. The Labute approximate surface area is 126 Å². The Kier molecular flexibility index (Phi) is 4.37. The number of benzene rings is 2. The Hall–Kier alpha value is -1.64. The van der Waals surface area contributed by atoms with E-state index in [9.17, 15) is 5.11 Å². The van der Waals surface area contributed by atoms with Crippen molar-refractivity contribution in [3.63, 3.8) is 0 Å². The third-order valence-electron chi connectivity index (χ3n) is 4.47. The molecule has 2 aromatic carbocycles. The standard InChI is InChI=1S/C19H23NO/c1-14-2-3-18(13-21)19(12-14)17-6-4-15(5-7-17)16-8-10-20-11-9-16/h2-7,12,16,20-21H,8-11,13H2,1H3. The lowest BCUT2D eigenvalue weighted by atomic mass is 9.88. The number of aryl methyl sites for hydroxylation is 1. The highest BCUT2D eigenvalue weighted by atomic mass is 16.3. The lowest BCUT2D eigenvalue weighted by Gasteiger charge is -2.23. The van der Waals surface area contributed by atoms with Crippen molar-refractivity contribution >= 4 is 0 Å². The summed E-state index contributed by atoms with van der Waals surface area (Å²) in [5.74, 6) is 0.690. The van der Waals surface area contributed by atoms with Crippen molar-refractivity contribution in [3.8, 4) is 11.1 Å². The number of nitrogens with one attached hydrogen (secondary N) is 1. The molecular weight excluding hydrogens is 258 g/mol. The van der Waals surface area contributed by atoms with Crippen LogP contribution in [0.25, 0.3) is 11.1 Å². The number of aliphatic hydroxyl groups excluding tert-OH is 1. The Bertz CT molecular complexity index is 597. The van der Waals surface area contributed by atoms with E-state index >= 15 is 0 Å². The summed E-state index contributed by atoms with van der Waals surface area (Å²) in [5, 5.41) is 12.9. The van der Waals surface area contributed by atoms with Crippen molar-refractivity contribution in [1.82, 2.24) is 5.32 Å². The summed E-state index contributed by atoms with van der Waals surface area (Å²) in [7, 11) is 0. The summed E-state index contributed by atoms with van der Waals surface area (Å²) in [6.07, 6.45) is 2.46. The third kappa shape index (κ3) is 3.17. The van der Waals surface area contributed by atoms with Gasteiger partial charge in [0.25, 0.3) is 0 Å². The van der Waals surface area contributed by atoms with Gasteiger partial charge in [-0.15, -0.1) is 0 Å². The van der Waals surface area contributed by atoms with Crippen LogP contribution in [-0.2, 0) is 6.61 Å². The summed E-state index contributed by atoms with van der Waals surface area (Å²) in [5.41, 5.74) is 6.01. The first-order valence-electron chi connectivity index (χ1n) is 7.79. The van der Waals surface area contributed by atoms with Crippen LogP contribution in [0.3, 0.4) is 0 Å². The number of hydrogen-bond donors (Lipinski definition) is 2. The SMILES string of the molecule is Cc1ccc(CO)c(-c2ccc(C3CCNCC3)cc2)c1. The molecule has 1 aliphatic heterocycles. The van der Waals surface area contributed by atoms with E-state index < -0.39 is 0 Å². The summed E-state index contributed by atoms with van der Waals surface area (Å²) >= 11 is 0. The van der Waals surface area contributed by atoms with E-state index in [-0.39, 0.29) is 6.61 Å². The van der Waals surface area contributed by atoms with Crippen molar-refractivity contribution in [1.29, 1.82) is 0 Å². The smallest absolute Gasteiger partial charge is 0.0687 e. The minimum Gasteiger partial charge on any atom is -0.392 e. The average Bonchev–Trinajstić information content (AvgIpc) is 2.56. The van der Waals surface area contributed by atoms with Crippen LogP contribution in [0.5, 0.6) is 0 Å². The molecule has 0 saturated carbocycles. The fourth-order valence-corrected chi connectivity index (χ4v) is 3.19. The maximum Gasteiger partial charge on any atom is 0.0687 e. The molecule has 0 spiro atoms. The predicted octanol–water partition coefficient (Wildman–Crippen LogP) is 3.62. The van der Waals surface area contributed by atoms with Gasteiger partial charge in [0.15, 0.2) is 0 Å². The van der Waals surface area contributed by atoms with E-state index in [2.05, 4.69) is 48.6 Å². The highest BCUT2D eigenvalue weighted by molar-refractivity contribution is 5.68. The second kappa shape index (κ2) is 6.42. The molecule has 2 nitrogen and oxygen atoms in total. The maximum absolute atomic E-state index is 9.52. The van der Waals surface area contributed by atoms with Crippen molar-refractivity contribution in [2.24, 2.45) is 0 Å². The molecule has 0 unspecified atom stereocenters. The molecule has 3 rings (SSSR count). The minimum atomic E-state index is 0.0889.